The van der Waals surface area contributed by atoms with Gasteiger partial charge in [-0.3, -0.25) is 0 Å². The van der Waals surface area contributed by atoms with Crippen molar-refractivity contribution in [2.45, 2.75) is 28.7 Å². The number of hydrogen-bond donors (Lipinski definition) is 1. The molecule has 1 aliphatic carbocycles. The summed E-state index contributed by atoms with van der Waals surface area (Å²) in [5.74, 6) is 0. The zero-order valence-electron chi connectivity index (χ0n) is 13.0. The van der Waals surface area contributed by atoms with E-state index in [9.17, 15) is 16.8 Å². The Morgan fingerprint density at radius 1 is 0.920 bits per heavy atom. The lowest BCUT2D eigenvalue weighted by molar-refractivity contribution is 0.579. The Bertz CT molecular complexity index is 1150. The Morgan fingerprint density at radius 2 is 1.56 bits per heavy atom. The minimum Gasteiger partial charge on any atom is -0.236 e. The first-order valence-corrected chi connectivity index (χ1v) is 10.6. The van der Waals surface area contributed by atoms with Gasteiger partial charge in [-0.2, -0.15) is 0 Å². The van der Waals surface area contributed by atoms with Crippen LogP contribution in [0.4, 0.5) is 0 Å². The van der Waals surface area contributed by atoms with Crippen molar-refractivity contribution in [3.63, 3.8) is 0 Å². The third-order valence-corrected chi connectivity index (χ3v) is 7.22. The molecule has 0 radical (unpaired) electrons. The fourth-order valence-corrected chi connectivity index (χ4v) is 5.12. The summed E-state index contributed by atoms with van der Waals surface area (Å²) in [7, 11) is -7.47. The van der Waals surface area contributed by atoms with Gasteiger partial charge in [0.2, 0.25) is 10.0 Å². The molecule has 2 aromatic carbocycles. The van der Waals surface area contributed by atoms with Gasteiger partial charge in [-0.15, -0.1) is 0 Å². The van der Waals surface area contributed by atoms with E-state index in [0.717, 1.165) is 16.8 Å². The van der Waals surface area contributed by atoms with Gasteiger partial charge in [0, 0.05) is 6.04 Å². The first-order valence-electron chi connectivity index (χ1n) is 7.68. The molecule has 9 heteroatoms. The van der Waals surface area contributed by atoms with Gasteiger partial charge in [0.25, 0.3) is 10.0 Å². The van der Waals surface area contributed by atoms with Crippen LogP contribution < -0.4 is 4.72 Å². The van der Waals surface area contributed by atoms with Crippen LogP contribution in [0.1, 0.15) is 12.8 Å². The van der Waals surface area contributed by atoms with Gasteiger partial charge in [-0.25, -0.2) is 30.5 Å². The Hall–Kier alpha value is -2.23. The van der Waals surface area contributed by atoms with Crippen molar-refractivity contribution in [1.82, 2.24) is 13.7 Å². The smallest absolute Gasteiger partial charge is 0.236 e. The molecule has 0 atom stereocenters. The highest BCUT2D eigenvalue weighted by Crippen LogP contribution is 2.24. The lowest BCUT2D eigenvalue weighted by atomic mass is 10.3. The Morgan fingerprint density at radius 3 is 2.24 bits per heavy atom. The van der Waals surface area contributed by atoms with Gasteiger partial charge in [0.15, 0.2) is 0 Å². The summed E-state index contributed by atoms with van der Waals surface area (Å²) >= 11 is 0. The lowest BCUT2D eigenvalue weighted by Gasteiger charge is -2.09. The van der Waals surface area contributed by atoms with Gasteiger partial charge >= 0.3 is 0 Å². The summed E-state index contributed by atoms with van der Waals surface area (Å²) in [5, 5.41) is 0. The van der Waals surface area contributed by atoms with E-state index >= 15 is 0 Å². The quantitative estimate of drug-likeness (QED) is 0.730. The standard InChI is InChI=1S/C16H15N3O4S2/c20-24(21,18-12-5-6-12)13-7-9-14(10-8-13)25(22,23)19-11-17-15-3-1-2-4-16(15)19/h1-4,7-12,18H,5-6H2. The summed E-state index contributed by atoms with van der Waals surface area (Å²) in [4.78, 5) is 4.14. The molecule has 4 rings (SSSR count). The molecule has 0 amide bonds. The number of benzene rings is 2. The van der Waals surface area contributed by atoms with E-state index in [-0.39, 0.29) is 15.8 Å². The van der Waals surface area contributed by atoms with E-state index in [0.29, 0.717) is 11.0 Å². The lowest BCUT2D eigenvalue weighted by Crippen LogP contribution is -2.25. The molecule has 7 nitrogen and oxygen atoms in total. The molecule has 1 saturated carbocycles. The number of sulfonamides is 1. The summed E-state index contributed by atoms with van der Waals surface area (Å²) in [6.45, 7) is 0. The fraction of sp³-hybridized carbons (Fsp3) is 0.188. The molecule has 1 N–H and O–H groups in total. The van der Waals surface area contributed by atoms with Gasteiger partial charge in [0.05, 0.1) is 20.8 Å². The van der Waals surface area contributed by atoms with E-state index in [4.69, 9.17) is 0 Å². The van der Waals surface area contributed by atoms with Crippen molar-refractivity contribution in [3.8, 4) is 0 Å². The third-order valence-electron chi connectivity index (χ3n) is 4.01. The Labute approximate surface area is 145 Å². The van der Waals surface area contributed by atoms with E-state index in [1.807, 2.05) is 0 Å². The molecule has 3 aromatic rings. The molecule has 1 heterocycles. The van der Waals surface area contributed by atoms with Crippen molar-refractivity contribution in [2.75, 3.05) is 0 Å². The second-order valence-electron chi connectivity index (χ2n) is 5.90. The predicted octanol–water partition coefficient (Wildman–Crippen LogP) is 1.71. The molecule has 0 aliphatic heterocycles. The maximum Gasteiger partial charge on any atom is 0.269 e. The average Bonchev–Trinajstić information content (AvgIpc) is 3.28. The molecule has 25 heavy (non-hydrogen) atoms. The molecule has 1 aliphatic rings. The topological polar surface area (TPSA) is 98.1 Å². The molecule has 130 valence electrons. The van der Waals surface area contributed by atoms with Crippen LogP contribution in [0.5, 0.6) is 0 Å². The summed E-state index contributed by atoms with van der Waals surface area (Å²) in [6, 6.07) is 12.1. The van der Waals surface area contributed by atoms with Crippen LogP contribution in [-0.4, -0.2) is 31.8 Å². The van der Waals surface area contributed by atoms with E-state index in [1.54, 1.807) is 24.3 Å². The molecule has 0 spiro atoms. The van der Waals surface area contributed by atoms with Crippen LogP contribution in [0.2, 0.25) is 0 Å². The zero-order chi connectivity index (χ0) is 17.7. The number of para-hydroxylation sites is 2. The van der Waals surface area contributed by atoms with Crippen LogP contribution in [0, 0.1) is 0 Å². The molecule has 1 aromatic heterocycles. The molecule has 0 saturated heterocycles. The predicted molar refractivity (Wildman–Crippen MR) is 92.1 cm³/mol. The van der Waals surface area contributed by atoms with Crippen LogP contribution in [-0.2, 0) is 20.0 Å². The SMILES string of the molecule is O=S(=O)(NC1CC1)c1ccc(S(=O)(=O)n2cnc3ccccc32)cc1. The first kappa shape index (κ1) is 16.2. The molecule has 0 bridgehead atoms. The van der Waals surface area contributed by atoms with Crippen molar-refractivity contribution < 1.29 is 16.8 Å². The number of rotatable bonds is 5. The van der Waals surface area contributed by atoms with Crippen LogP contribution in [0.3, 0.4) is 0 Å². The number of hydrogen-bond acceptors (Lipinski definition) is 5. The largest absolute Gasteiger partial charge is 0.269 e. The van der Waals surface area contributed by atoms with Gasteiger partial charge in [-0.05, 0) is 49.2 Å². The Balaban J connectivity index is 1.71. The number of aromatic nitrogens is 2. The summed E-state index contributed by atoms with van der Waals surface area (Å²) in [5.41, 5.74) is 1.04. The number of imidazole rings is 1. The normalized spacial score (nSPS) is 15.5. The van der Waals surface area contributed by atoms with Gasteiger partial charge in [0.1, 0.15) is 6.33 Å². The number of nitrogens with zero attached hydrogens (tertiary/aromatic N) is 2. The van der Waals surface area contributed by atoms with E-state index in [2.05, 4.69) is 9.71 Å². The van der Waals surface area contributed by atoms with Crippen molar-refractivity contribution in [1.29, 1.82) is 0 Å². The maximum absolute atomic E-state index is 12.8. The summed E-state index contributed by atoms with van der Waals surface area (Å²) in [6.07, 6.45) is 2.91. The average molecular weight is 377 g/mol. The second-order valence-corrected chi connectivity index (χ2v) is 9.43. The molecular weight excluding hydrogens is 362 g/mol. The van der Waals surface area contributed by atoms with E-state index < -0.39 is 20.0 Å². The Kier molecular flexibility index (Phi) is 3.67. The highest BCUT2D eigenvalue weighted by Gasteiger charge is 2.28. The fourth-order valence-electron chi connectivity index (χ4n) is 2.52. The first-order chi connectivity index (χ1) is 11.9. The van der Waals surface area contributed by atoms with Crippen molar-refractivity contribution in [3.05, 3.63) is 54.9 Å². The van der Waals surface area contributed by atoms with Crippen molar-refractivity contribution in [2.24, 2.45) is 0 Å². The van der Waals surface area contributed by atoms with Crippen molar-refractivity contribution >= 4 is 31.1 Å². The minimum atomic E-state index is -3.86. The molecular formula is C16H15N3O4S2. The number of nitrogens with one attached hydrogen (secondary N) is 1. The van der Waals surface area contributed by atoms with Gasteiger partial charge < -0.3 is 0 Å². The third kappa shape index (κ3) is 2.94. The second kappa shape index (κ2) is 5.65. The maximum atomic E-state index is 12.8. The highest BCUT2D eigenvalue weighted by atomic mass is 32.2. The highest BCUT2D eigenvalue weighted by molar-refractivity contribution is 7.90. The molecule has 1 fully saturated rings. The van der Waals surface area contributed by atoms with Crippen LogP contribution in [0.25, 0.3) is 11.0 Å². The summed E-state index contributed by atoms with van der Waals surface area (Å²) < 4.78 is 53.6. The monoisotopic (exact) mass is 377 g/mol. The van der Waals surface area contributed by atoms with Crippen LogP contribution in [0.15, 0.2) is 64.6 Å². The van der Waals surface area contributed by atoms with Crippen LogP contribution >= 0.6 is 0 Å². The van der Waals surface area contributed by atoms with E-state index in [1.165, 1.54) is 30.6 Å². The molecule has 0 unspecified atom stereocenters. The number of fused-ring (bicyclic) bond motifs is 1. The minimum absolute atomic E-state index is 0.000949. The van der Waals surface area contributed by atoms with Gasteiger partial charge in [-0.1, -0.05) is 12.1 Å². The zero-order valence-corrected chi connectivity index (χ0v) is 14.7.